The molecule has 2 saturated heterocycles. The van der Waals surface area contributed by atoms with E-state index in [-0.39, 0.29) is 5.41 Å². The number of aromatic nitrogens is 1. The first-order valence-corrected chi connectivity index (χ1v) is 7.45. The molecule has 0 saturated carbocycles. The van der Waals surface area contributed by atoms with Crippen LogP contribution in [0.15, 0.2) is 6.07 Å². The van der Waals surface area contributed by atoms with E-state index in [0.29, 0.717) is 5.91 Å². The van der Waals surface area contributed by atoms with Crippen molar-refractivity contribution in [2.24, 2.45) is 5.41 Å². The van der Waals surface area contributed by atoms with Gasteiger partial charge in [0, 0.05) is 6.54 Å². The molecule has 1 spiro atoms. The van der Waals surface area contributed by atoms with E-state index >= 15 is 0 Å². The van der Waals surface area contributed by atoms with Crippen molar-refractivity contribution in [3.63, 3.8) is 0 Å². The summed E-state index contributed by atoms with van der Waals surface area (Å²) in [5.74, 6) is 0.332. The summed E-state index contributed by atoms with van der Waals surface area (Å²) in [7, 11) is 0. The second-order valence-corrected chi connectivity index (χ2v) is 6.18. The van der Waals surface area contributed by atoms with Crippen molar-refractivity contribution >= 4 is 22.4 Å². The van der Waals surface area contributed by atoms with Gasteiger partial charge < -0.3 is 10.2 Å². The van der Waals surface area contributed by atoms with Crippen LogP contribution in [-0.2, 0) is 4.79 Å². The van der Waals surface area contributed by atoms with Gasteiger partial charge in [0.15, 0.2) is 0 Å². The summed E-state index contributed by atoms with van der Waals surface area (Å²) in [6, 6.07) is 2.03. The Labute approximate surface area is 112 Å². The lowest BCUT2D eigenvalue weighted by Crippen LogP contribution is -2.52. The highest BCUT2D eigenvalue weighted by atomic mass is 32.1. The fourth-order valence-electron chi connectivity index (χ4n) is 3.13. The molecule has 98 valence electrons. The van der Waals surface area contributed by atoms with Crippen LogP contribution < -0.4 is 10.2 Å². The van der Waals surface area contributed by atoms with Crippen LogP contribution in [0, 0.1) is 12.3 Å². The Balaban J connectivity index is 1.86. The number of amides is 1. The molecule has 1 amide bonds. The Bertz CT molecular complexity index is 445. The third-order valence-corrected chi connectivity index (χ3v) is 5.08. The zero-order valence-corrected chi connectivity index (χ0v) is 11.6. The van der Waals surface area contributed by atoms with Crippen molar-refractivity contribution in [2.45, 2.75) is 32.6 Å². The molecule has 0 aromatic carbocycles. The van der Waals surface area contributed by atoms with Crippen LogP contribution >= 0.6 is 11.5 Å². The van der Waals surface area contributed by atoms with Crippen molar-refractivity contribution in [1.82, 2.24) is 9.69 Å². The smallest absolute Gasteiger partial charge is 0.233 e. The van der Waals surface area contributed by atoms with Gasteiger partial charge in [0.25, 0.3) is 0 Å². The number of hydrogen-bond acceptors (Lipinski definition) is 4. The predicted octanol–water partition coefficient (Wildman–Crippen LogP) is 1.95. The van der Waals surface area contributed by atoms with Crippen LogP contribution in [0.2, 0.25) is 0 Å². The Kier molecular flexibility index (Phi) is 3.11. The van der Waals surface area contributed by atoms with Gasteiger partial charge in [-0.3, -0.25) is 4.79 Å². The molecular formula is C13H19N3OS. The van der Waals surface area contributed by atoms with Gasteiger partial charge in [-0.15, -0.1) is 0 Å². The Morgan fingerprint density at radius 2 is 2.17 bits per heavy atom. The number of aryl methyl sites for hydroxylation is 1. The van der Waals surface area contributed by atoms with Crippen LogP contribution in [0.3, 0.4) is 0 Å². The average molecular weight is 265 g/mol. The molecule has 2 aliphatic heterocycles. The molecular weight excluding hydrogens is 246 g/mol. The minimum absolute atomic E-state index is 0.0958. The molecule has 4 nitrogen and oxygen atoms in total. The van der Waals surface area contributed by atoms with Crippen LogP contribution in [0.4, 0.5) is 5.00 Å². The van der Waals surface area contributed by atoms with Crippen molar-refractivity contribution in [2.75, 3.05) is 24.5 Å². The quantitative estimate of drug-likeness (QED) is 0.844. The van der Waals surface area contributed by atoms with E-state index in [2.05, 4.69) is 9.69 Å². The first-order valence-electron chi connectivity index (χ1n) is 6.67. The van der Waals surface area contributed by atoms with Gasteiger partial charge in [0.1, 0.15) is 5.00 Å². The van der Waals surface area contributed by atoms with Gasteiger partial charge >= 0.3 is 0 Å². The summed E-state index contributed by atoms with van der Waals surface area (Å²) < 4.78 is 4.30. The summed E-state index contributed by atoms with van der Waals surface area (Å²) >= 11 is 1.45. The van der Waals surface area contributed by atoms with E-state index in [0.717, 1.165) is 56.0 Å². The number of piperidine rings is 2. The van der Waals surface area contributed by atoms with E-state index in [1.165, 1.54) is 11.5 Å². The maximum absolute atomic E-state index is 12.8. The van der Waals surface area contributed by atoms with Gasteiger partial charge in [0.2, 0.25) is 5.91 Å². The fraction of sp³-hybridized carbons (Fsp3) is 0.692. The lowest BCUT2D eigenvalue weighted by molar-refractivity contribution is -0.132. The number of anilines is 1. The van der Waals surface area contributed by atoms with Crippen molar-refractivity contribution in [3.8, 4) is 0 Å². The Hall–Kier alpha value is -0.940. The molecule has 0 atom stereocenters. The fourth-order valence-corrected chi connectivity index (χ4v) is 3.91. The SMILES string of the molecule is Cc1cc(N2CCCC3(CCNCC3)C2=O)sn1. The predicted molar refractivity (Wildman–Crippen MR) is 73.0 cm³/mol. The van der Waals surface area contributed by atoms with E-state index in [9.17, 15) is 4.79 Å². The average Bonchev–Trinajstić information content (AvgIpc) is 2.81. The lowest BCUT2D eigenvalue weighted by Gasteiger charge is -2.43. The monoisotopic (exact) mass is 265 g/mol. The molecule has 0 unspecified atom stereocenters. The summed E-state index contributed by atoms with van der Waals surface area (Å²) in [4.78, 5) is 14.8. The topological polar surface area (TPSA) is 45.2 Å². The Morgan fingerprint density at radius 1 is 1.39 bits per heavy atom. The standard InChI is InChI=1S/C13H19N3OS/c1-10-9-11(18-15-10)16-8-2-3-13(12(16)17)4-6-14-7-5-13/h9,14H,2-8H2,1H3. The highest BCUT2D eigenvalue weighted by Gasteiger charge is 2.44. The molecule has 2 aliphatic rings. The molecule has 18 heavy (non-hydrogen) atoms. The summed E-state index contributed by atoms with van der Waals surface area (Å²) in [6.07, 6.45) is 4.14. The molecule has 0 bridgehead atoms. The number of carbonyl (C=O) groups excluding carboxylic acids is 1. The first-order chi connectivity index (χ1) is 8.71. The minimum Gasteiger partial charge on any atom is -0.317 e. The second-order valence-electron chi connectivity index (χ2n) is 5.40. The molecule has 1 N–H and O–H groups in total. The molecule has 0 aliphatic carbocycles. The van der Waals surface area contributed by atoms with Crippen LogP contribution in [-0.4, -0.2) is 29.9 Å². The van der Waals surface area contributed by atoms with E-state index < -0.39 is 0 Å². The first kappa shape index (κ1) is 12.1. The zero-order chi connectivity index (χ0) is 12.6. The molecule has 3 rings (SSSR count). The third-order valence-electron chi connectivity index (χ3n) is 4.18. The van der Waals surface area contributed by atoms with Crippen molar-refractivity contribution < 1.29 is 4.79 Å². The molecule has 2 fully saturated rings. The van der Waals surface area contributed by atoms with E-state index in [4.69, 9.17) is 0 Å². The second kappa shape index (κ2) is 4.63. The zero-order valence-electron chi connectivity index (χ0n) is 10.7. The summed E-state index contributed by atoms with van der Waals surface area (Å²) in [5.41, 5.74) is 0.911. The van der Waals surface area contributed by atoms with Gasteiger partial charge in [-0.25, -0.2) is 0 Å². The van der Waals surface area contributed by atoms with Crippen LogP contribution in [0.1, 0.15) is 31.4 Å². The maximum atomic E-state index is 12.8. The third kappa shape index (κ3) is 1.95. The Morgan fingerprint density at radius 3 is 2.83 bits per heavy atom. The number of rotatable bonds is 1. The van der Waals surface area contributed by atoms with E-state index in [1.807, 2.05) is 17.9 Å². The van der Waals surface area contributed by atoms with Crippen molar-refractivity contribution in [1.29, 1.82) is 0 Å². The largest absolute Gasteiger partial charge is 0.317 e. The number of nitrogens with one attached hydrogen (secondary N) is 1. The molecule has 5 heteroatoms. The van der Waals surface area contributed by atoms with Gasteiger partial charge in [0.05, 0.1) is 11.1 Å². The molecule has 1 aromatic rings. The number of carbonyl (C=O) groups is 1. The maximum Gasteiger partial charge on any atom is 0.233 e. The highest BCUT2D eigenvalue weighted by molar-refractivity contribution is 7.10. The number of nitrogens with zero attached hydrogens (tertiary/aromatic N) is 2. The highest BCUT2D eigenvalue weighted by Crippen LogP contribution is 2.41. The summed E-state index contributed by atoms with van der Waals surface area (Å²) in [5, 5.41) is 4.38. The molecule has 3 heterocycles. The number of hydrogen-bond donors (Lipinski definition) is 1. The van der Waals surface area contributed by atoms with Crippen molar-refractivity contribution in [3.05, 3.63) is 11.8 Å². The summed E-state index contributed by atoms with van der Waals surface area (Å²) in [6.45, 7) is 4.78. The molecule has 1 aromatic heterocycles. The normalized spacial score (nSPS) is 23.6. The van der Waals surface area contributed by atoms with Crippen LogP contribution in [0.25, 0.3) is 0 Å². The minimum atomic E-state index is -0.0958. The van der Waals surface area contributed by atoms with Gasteiger partial charge in [-0.1, -0.05) is 0 Å². The van der Waals surface area contributed by atoms with Gasteiger partial charge in [-0.05, 0) is 63.3 Å². The molecule has 0 radical (unpaired) electrons. The lowest BCUT2D eigenvalue weighted by atomic mass is 9.72. The van der Waals surface area contributed by atoms with Crippen LogP contribution in [0.5, 0.6) is 0 Å². The van der Waals surface area contributed by atoms with Gasteiger partial charge in [-0.2, -0.15) is 4.37 Å². The van der Waals surface area contributed by atoms with E-state index in [1.54, 1.807) is 0 Å².